The molecule has 0 saturated heterocycles. The number of nitrogens with zero attached hydrogens (tertiary/aromatic N) is 2. The van der Waals surface area contributed by atoms with E-state index >= 15 is 0 Å². The molecule has 0 saturated carbocycles. The van der Waals surface area contributed by atoms with E-state index in [-0.39, 0.29) is 11.0 Å². The van der Waals surface area contributed by atoms with Crippen molar-refractivity contribution >= 4 is 23.7 Å². The van der Waals surface area contributed by atoms with Crippen molar-refractivity contribution in [1.29, 1.82) is 0 Å². The van der Waals surface area contributed by atoms with Gasteiger partial charge < -0.3 is 9.73 Å². The molecule has 2 N–H and O–H groups in total. The number of imide groups is 1. The number of thioether (sulfide) groups is 1. The summed E-state index contributed by atoms with van der Waals surface area (Å²) in [4.78, 5) is 22.4. The Morgan fingerprint density at radius 1 is 1.23 bits per heavy atom. The molecular weight excluding hydrogens is 304 g/mol. The molecule has 1 aromatic heterocycles. The molecule has 2 rings (SSSR count). The normalized spacial score (nSPS) is 10.3. The first-order valence-corrected chi connectivity index (χ1v) is 7.68. The Bertz CT molecular complexity index is 654. The molecule has 1 aromatic carbocycles. The minimum absolute atomic E-state index is 0.0177. The third-order valence-corrected chi connectivity index (χ3v) is 3.64. The van der Waals surface area contributed by atoms with Crippen LogP contribution in [0.4, 0.5) is 4.79 Å². The van der Waals surface area contributed by atoms with Gasteiger partial charge in [-0.3, -0.25) is 10.1 Å². The van der Waals surface area contributed by atoms with Crippen LogP contribution in [-0.4, -0.2) is 34.9 Å². The Hall–Kier alpha value is -2.35. The zero-order valence-corrected chi connectivity index (χ0v) is 13.1. The smallest absolute Gasteiger partial charge is 0.321 e. The van der Waals surface area contributed by atoms with Crippen molar-refractivity contribution in [2.24, 2.45) is 0 Å². The molecule has 116 valence electrons. The highest BCUT2D eigenvalue weighted by Crippen LogP contribution is 2.23. The lowest BCUT2D eigenvalue weighted by molar-refractivity contribution is -0.117. The second-order valence-electron chi connectivity index (χ2n) is 4.34. The largest absolute Gasteiger partial charge is 0.411 e. The maximum Gasteiger partial charge on any atom is 0.321 e. The number of urea groups is 1. The topological polar surface area (TPSA) is 97.1 Å². The zero-order chi connectivity index (χ0) is 15.9. The van der Waals surface area contributed by atoms with E-state index < -0.39 is 11.9 Å². The number of hydrogen-bond acceptors (Lipinski definition) is 6. The maximum atomic E-state index is 11.5. The first-order valence-electron chi connectivity index (χ1n) is 6.69. The summed E-state index contributed by atoms with van der Waals surface area (Å²) in [5, 5.41) is 12.5. The number of rotatable bonds is 5. The fourth-order valence-electron chi connectivity index (χ4n) is 1.62. The number of hydrogen-bond donors (Lipinski definition) is 2. The molecule has 0 aliphatic rings. The number of aryl methyl sites for hydroxylation is 1. The lowest BCUT2D eigenvalue weighted by atomic mass is 10.1. The van der Waals surface area contributed by atoms with E-state index in [0.717, 1.165) is 23.7 Å². The molecule has 0 unspecified atom stereocenters. The van der Waals surface area contributed by atoms with E-state index in [2.05, 4.69) is 27.8 Å². The molecule has 0 spiro atoms. The van der Waals surface area contributed by atoms with E-state index in [1.165, 1.54) is 12.6 Å². The summed E-state index contributed by atoms with van der Waals surface area (Å²) in [5.41, 5.74) is 2.05. The Morgan fingerprint density at radius 2 is 1.95 bits per heavy atom. The molecule has 22 heavy (non-hydrogen) atoms. The fourth-order valence-corrected chi connectivity index (χ4v) is 2.18. The molecule has 0 bridgehead atoms. The van der Waals surface area contributed by atoms with Crippen LogP contribution in [0.15, 0.2) is 33.9 Å². The van der Waals surface area contributed by atoms with Gasteiger partial charge in [0.2, 0.25) is 11.8 Å². The minimum Gasteiger partial charge on any atom is -0.411 e. The van der Waals surface area contributed by atoms with Gasteiger partial charge in [-0.15, -0.1) is 10.2 Å². The first-order chi connectivity index (χ1) is 10.6. The van der Waals surface area contributed by atoms with Crippen molar-refractivity contribution < 1.29 is 14.0 Å². The molecule has 2 aromatic rings. The van der Waals surface area contributed by atoms with Crippen molar-refractivity contribution in [3.8, 4) is 11.5 Å². The second-order valence-corrected chi connectivity index (χ2v) is 5.27. The molecule has 0 fully saturated rings. The predicted octanol–water partition coefficient (Wildman–Crippen LogP) is 1.85. The summed E-state index contributed by atoms with van der Waals surface area (Å²) in [6.07, 6.45) is 0.964. The van der Waals surface area contributed by atoms with Gasteiger partial charge in [0.15, 0.2) is 0 Å². The lowest BCUT2D eigenvalue weighted by Crippen LogP contribution is -2.38. The Labute approximate surface area is 131 Å². The van der Waals surface area contributed by atoms with Gasteiger partial charge in [-0.1, -0.05) is 30.8 Å². The number of aromatic nitrogens is 2. The van der Waals surface area contributed by atoms with Crippen LogP contribution < -0.4 is 10.6 Å². The second kappa shape index (κ2) is 7.60. The highest BCUT2D eigenvalue weighted by molar-refractivity contribution is 7.99. The average Bonchev–Trinajstić information content (AvgIpc) is 3.02. The van der Waals surface area contributed by atoms with Crippen molar-refractivity contribution in [1.82, 2.24) is 20.8 Å². The van der Waals surface area contributed by atoms with Gasteiger partial charge in [0, 0.05) is 12.6 Å². The Morgan fingerprint density at radius 3 is 2.59 bits per heavy atom. The van der Waals surface area contributed by atoms with Gasteiger partial charge >= 0.3 is 6.03 Å². The van der Waals surface area contributed by atoms with Gasteiger partial charge in [-0.05, 0) is 24.1 Å². The molecule has 8 heteroatoms. The van der Waals surface area contributed by atoms with Crippen molar-refractivity contribution in [3.63, 3.8) is 0 Å². The molecule has 0 aliphatic heterocycles. The van der Waals surface area contributed by atoms with Gasteiger partial charge in [-0.2, -0.15) is 0 Å². The molecule has 3 amide bonds. The van der Waals surface area contributed by atoms with E-state index in [0.29, 0.717) is 5.89 Å². The highest BCUT2D eigenvalue weighted by Gasteiger charge is 2.12. The standard InChI is InChI=1S/C14H16N4O3S/c1-3-9-4-6-10(7-5-9)12-17-18-14(21-12)22-8-11(19)16-13(20)15-2/h4-7H,3,8H2,1-2H3,(H2,15,16,19,20). The fraction of sp³-hybridized carbons (Fsp3) is 0.286. The van der Waals surface area contributed by atoms with E-state index in [1.54, 1.807) is 0 Å². The van der Waals surface area contributed by atoms with Crippen LogP contribution >= 0.6 is 11.8 Å². The van der Waals surface area contributed by atoms with Gasteiger partial charge in [0.05, 0.1) is 5.75 Å². The number of carbonyl (C=O) groups is 2. The molecule has 0 aliphatic carbocycles. The van der Waals surface area contributed by atoms with Gasteiger partial charge in [0.1, 0.15) is 0 Å². The van der Waals surface area contributed by atoms with E-state index in [9.17, 15) is 9.59 Å². The monoisotopic (exact) mass is 320 g/mol. The van der Waals surface area contributed by atoms with Crippen molar-refractivity contribution in [3.05, 3.63) is 29.8 Å². The number of amides is 3. The third-order valence-electron chi connectivity index (χ3n) is 2.82. The summed E-state index contributed by atoms with van der Waals surface area (Å²) in [7, 11) is 1.43. The van der Waals surface area contributed by atoms with Crippen LogP contribution in [0, 0.1) is 0 Å². The van der Waals surface area contributed by atoms with Gasteiger partial charge in [-0.25, -0.2) is 4.79 Å². The first kappa shape index (κ1) is 16.0. The maximum absolute atomic E-state index is 11.5. The van der Waals surface area contributed by atoms with Crippen LogP contribution in [-0.2, 0) is 11.2 Å². The van der Waals surface area contributed by atoms with E-state index in [4.69, 9.17) is 4.42 Å². The van der Waals surface area contributed by atoms with Crippen LogP contribution in [0.3, 0.4) is 0 Å². The quantitative estimate of drug-likeness (QED) is 0.816. The molecule has 0 atom stereocenters. The Kier molecular flexibility index (Phi) is 5.54. The molecule has 7 nitrogen and oxygen atoms in total. The molecular formula is C14H16N4O3S. The summed E-state index contributed by atoms with van der Waals surface area (Å²) in [5.74, 6) is -0.0163. The zero-order valence-electron chi connectivity index (χ0n) is 12.3. The number of carbonyl (C=O) groups excluding carboxylic acids is 2. The average molecular weight is 320 g/mol. The van der Waals surface area contributed by atoms with Gasteiger partial charge in [0.25, 0.3) is 5.22 Å². The molecule has 1 heterocycles. The van der Waals surface area contributed by atoms with Crippen molar-refractivity contribution in [2.75, 3.05) is 12.8 Å². The summed E-state index contributed by atoms with van der Waals surface area (Å²) in [6, 6.07) is 7.29. The third kappa shape index (κ3) is 4.32. The summed E-state index contributed by atoms with van der Waals surface area (Å²) in [6.45, 7) is 2.08. The number of nitrogens with one attached hydrogen (secondary N) is 2. The SMILES string of the molecule is CCc1ccc(-c2nnc(SCC(=O)NC(=O)NC)o2)cc1. The van der Waals surface area contributed by atoms with Crippen LogP contribution in [0.2, 0.25) is 0 Å². The predicted molar refractivity (Wildman–Crippen MR) is 82.4 cm³/mol. The van der Waals surface area contributed by atoms with Crippen LogP contribution in [0.25, 0.3) is 11.5 Å². The van der Waals surface area contributed by atoms with Crippen LogP contribution in [0.1, 0.15) is 12.5 Å². The summed E-state index contributed by atoms with van der Waals surface area (Å²) >= 11 is 1.07. The van der Waals surface area contributed by atoms with Crippen LogP contribution in [0.5, 0.6) is 0 Å². The highest BCUT2D eigenvalue weighted by atomic mass is 32.2. The minimum atomic E-state index is -0.548. The van der Waals surface area contributed by atoms with E-state index in [1.807, 2.05) is 24.3 Å². The van der Waals surface area contributed by atoms with Crippen molar-refractivity contribution in [2.45, 2.75) is 18.6 Å². The summed E-state index contributed by atoms with van der Waals surface area (Å²) < 4.78 is 5.49. The Balaban J connectivity index is 1.93. The lowest BCUT2D eigenvalue weighted by Gasteiger charge is -2.00. The molecule has 0 radical (unpaired) electrons. The number of benzene rings is 1.